The van der Waals surface area contributed by atoms with Crippen molar-refractivity contribution in [2.45, 2.75) is 38.3 Å². The Kier molecular flexibility index (Phi) is 7.08. The molecule has 12 heteroatoms. The number of nitrogens with one attached hydrogen (secondary N) is 1. The predicted molar refractivity (Wildman–Crippen MR) is 121 cm³/mol. The van der Waals surface area contributed by atoms with Crippen molar-refractivity contribution >= 4 is 11.7 Å². The molecule has 0 fully saturated rings. The average molecular weight is 495 g/mol. The molecule has 0 aliphatic carbocycles. The first-order valence-corrected chi connectivity index (χ1v) is 10.4. The lowest BCUT2D eigenvalue weighted by Crippen LogP contribution is -2.43. The SMILES string of the molecule is COc1ccc(F)cc1C(O)NCc1ccc(-c2nn(C(C)(C)C(F)(F)F)c(N)c2C(N)=O)cc1. The fourth-order valence-corrected chi connectivity index (χ4v) is 3.45. The van der Waals surface area contributed by atoms with Gasteiger partial charge in [-0.3, -0.25) is 10.1 Å². The molecule has 0 saturated heterocycles. The smallest absolute Gasteiger partial charge is 0.413 e. The molecule has 0 radical (unpaired) electrons. The van der Waals surface area contributed by atoms with Crippen LogP contribution in [0.15, 0.2) is 42.5 Å². The molecule has 6 N–H and O–H groups in total. The van der Waals surface area contributed by atoms with E-state index in [0.717, 1.165) is 19.9 Å². The number of aromatic nitrogens is 2. The molecule has 8 nitrogen and oxygen atoms in total. The molecule has 35 heavy (non-hydrogen) atoms. The largest absolute Gasteiger partial charge is 0.496 e. The molecule has 0 spiro atoms. The van der Waals surface area contributed by atoms with Crippen LogP contribution >= 0.6 is 0 Å². The van der Waals surface area contributed by atoms with E-state index in [-0.39, 0.29) is 23.4 Å². The Labute approximate surface area is 198 Å². The number of carbonyl (C=O) groups excluding carboxylic acids is 1. The number of ether oxygens (including phenoxy) is 1. The first kappa shape index (κ1) is 26.0. The van der Waals surface area contributed by atoms with Crippen LogP contribution in [-0.4, -0.2) is 34.1 Å². The molecule has 188 valence electrons. The first-order chi connectivity index (χ1) is 16.3. The van der Waals surface area contributed by atoms with Crippen molar-refractivity contribution in [3.8, 4) is 17.0 Å². The van der Waals surface area contributed by atoms with Crippen molar-refractivity contribution in [1.29, 1.82) is 0 Å². The summed E-state index contributed by atoms with van der Waals surface area (Å²) in [5.74, 6) is -1.74. The average Bonchev–Trinajstić information content (AvgIpc) is 3.15. The molecule has 1 unspecified atom stereocenters. The van der Waals surface area contributed by atoms with Crippen LogP contribution in [-0.2, 0) is 12.1 Å². The lowest BCUT2D eigenvalue weighted by Gasteiger charge is -2.29. The first-order valence-electron chi connectivity index (χ1n) is 10.4. The second-order valence-electron chi connectivity index (χ2n) is 8.31. The Morgan fingerprint density at radius 1 is 1.20 bits per heavy atom. The summed E-state index contributed by atoms with van der Waals surface area (Å²) in [6.07, 6.45) is -5.93. The molecule has 0 bridgehead atoms. The molecule has 3 rings (SSSR count). The van der Waals surface area contributed by atoms with Gasteiger partial charge in [-0.1, -0.05) is 24.3 Å². The van der Waals surface area contributed by atoms with Gasteiger partial charge in [-0.05, 0) is 37.6 Å². The van der Waals surface area contributed by atoms with Crippen molar-refractivity contribution in [3.63, 3.8) is 0 Å². The number of nitrogens with zero attached hydrogens (tertiary/aromatic N) is 2. The minimum Gasteiger partial charge on any atom is -0.496 e. The third-order valence-corrected chi connectivity index (χ3v) is 5.60. The van der Waals surface area contributed by atoms with E-state index < -0.39 is 35.5 Å². The van der Waals surface area contributed by atoms with E-state index in [9.17, 15) is 27.5 Å². The third kappa shape index (κ3) is 5.08. The second-order valence-corrected chi connectivity index (χ2v) is 8.31. The van der Waals surface area contributed by atoms with Gasteiger partial charge in [0.25, 0.3) is 5.91 Å². The number of primary amides is 1. The minimum absolute atomic E-state index is 0.0867. The summed E-state index contributed by atoms with van der Waals surface area (Å²) in [5.41, 5.74) is 9.55. The van der Waals surface area contributed by atoms with Gasteiger partial charge in [0.05, 0.1) is 7.11 Å². The molecular weight excluding hydrogens is 470 g/mol. The number of amides is 1. The van der Waals surface area contributed by atoms with Crippen molar-refractivity contribution in [2.24, 2.45) is 5.73 Å². The number of methoxy groups -OCH3 is 1. The van der Waals surface area contributed by atoms with Gasteiger partial charge in [0, 0.05) is 17.7 Å². The molecule has 1 amide bonds. The summed E-state index contributed by atoms with van der Waals surface area (Å²) < 4.78 is 59.9. The highest BCUT2D eigenvalue weighted by Crippen LogP contribution is 2.40. The molecule has 1 atom stereocenters. The summed E-state index contributed by atoms with van der Waals surface area (Å²) >= 11 is 0. The molecule has 1 heterocycles. The number of nitrogens with two attached hydrogens (primary N) is 2. The lowest BCUT2D eigenvalue weighted by molar-refractivity contribution is -0.205. The van der Waals surface area contributed by atoms with Crippen LogP contribution in [0.5, 0.6) is 5.75 Å². The van der Waals surface area contributed by atoms with E-state index in [1.807, 2.05) is 0 Å². The zero-order valence-corrected chi connectivity index (χ0v) is 19.2. The van der Waals surface area contributed by atoms with Gasteiger partial charge >= 0.3 is 6.18 Å². The monoisotopic (exact) mass is 495 g/mol. The van der Waals surface area contributed by atoms with E-state index in [4.69, 9.17) is 16.2 Å². The normalized spacial score (nSPS) is 13.0. The maximum absolute atomic E-state index is 13.6. The highest BCUT2D eigenvalue weighted by molar-refractivity contribution is 6.03. The topological polar surface area (TPSA) is 128 Å². The summed E-state index contributed by atoms with van der Waals surface area (Å²) in [7, 11) is 1.40. The Hall–Kier alpha value is -3.64. The number of rotatable bonds is 8. The second kappa shape index (κ2) is 9.55. The van der Waals surface area contributed by atoms with Crippen LogP contribution in [0.3, 0.4) is 0 Å². The van der Waals surface area contributed by atoms with E-state index >= 15 is 0 Å². The fraction of sp³-hybridized carbons (Fsp3) is 0.304. The van der Waals surface area contributed by atoms with Crippen LogP contribution in [0.2, 0.25) is 0 Å². The number of hydrogen-bond donors (Lipinski definition) is 4. The van der Waals surface area contributed by atoms with Crippen molar-refractivity contribution in [2.75, 3.05) is 12.8 Å². The molecule has 2 aromatic carbocycles. The molecule has 1 aromatic heterocycles. The number of nitrogen functional groups attached to an aromatic ring is 1. The Morgan fingerprint density at radius 3 is 2.37 bits per heavy atom. The standard InChI is InChI=1S/C23H25F4N5O3/c1-22(2,23(25,26)27)32-19(28)17(20(29)33)18(31-32)13-6-4-12(5-7-13)11-30-21(34)15-10-14(24)8-9-16(15)35-3/h4-10,21,30,34H,11,28H2,1-3H3,(H2,29,33). The van der Waals surface area contributed by atoms with Crippen LogP contribution in [0.4, 0.5) is 23.4 Å². The minimum atomic E-state index is -4.69. The Bertz CT molecular complexity index is 1220. The van der Waals surface area contributed by atoms with Crippen molar-refractivity contribution in [3.05, 3.63) is 65.0 Å². The lowest BCUT2D eigenvalue weighted by atomic mass is 10.0. The van der Waals surface area contributed by atoms with E-state index in [0.29, 0.717) is 21.6 Å². The number of halogens is 4. The predicted octanol–water partition coefficient (Wildman–Crippen LogP) is 3.46. The summed E-state index contributed by atoms with van der Waals surface area (Å²) in [4.78, 5) is 12.0. The van der Waals surface area contributed by atoms with Gasteiger partial charge in [-0.2, -0.15) is 18.3 Å². The van der Waals surface area contributed by atoms with Crippen molar-refractivity contribution < 1.29 is 32.2 Å². The highest BCUT2D eigenvalue weighted by atomic mass is 19.4. The van der Waals surface area contributed by atoms with Gasteiger partial charge < -0.3 is 21.3 Å². The molecule has 0 saturated carbocycles. The fourth-order valence-electron chi connectivity index (χ4n) is 3.45. The highest BCUT2D eigenvalue weighted by Gasteiger charge is 2.51. The van der Waals surface area contributed by atoms with Crippen molar-refractivity contribution in [1.82, 2.24) is 15.1 Å². The maximum atomic E-state index is 13.6. The van der Waals surface area contributed by atoms with Crippen LogP contribution in [0.1, 0.15) is 41.6 Å². The van der Waals surface area contributed by atoms with Crippen LogP contribution < -0.4 is 21.5 Å². The Balaban J connectivity index is 1.86. The van der Waals surface area contributed by atoms with Gasteiger partial charge in [0.1, 0.15) is 34.9 Å². The van der Waals surface area contributed by atoms with E-state index in [1.165, 1.54) is 31.4 Å². The number of alkyl halides is 3. The molecule has 0 aliphatic rings. The van der Waals surface area contributed by atoms with E-state index in [2.05, 4.69) is 10.4 Å². The van der Waals surface area contributed by atoms with Crippen LogP contribution in [0, 0.1) is 5.82 Å². The molecular formula is C23H25F4N5O3. The third-order valence-electron chi connectivity index (χ3n) is 5.60. The quantitative estimate of drug-likeness (QED) is 0.280. The number of aliphatic hydroxyl groups is 1. The van der Waals surface area contributed by atoms with E-state index in [1.54, 1.807) is 12.1 Å². The van der Waals surface area contributed by atoms with Crippen LogP contribution in [0.25, 0.3) is 11.3 Å². The Morgan fingerprint density at radius 2 is 1.83 bits per heavy atom. The summed E-state index contributed by atoms with van der Waals surface area (Å²) in [5, 5.41) is 17.2. The van der Waals surface area contributed by atoms with Gasteiger partial charge in [-0.25, -0.2) is 9.07 Å². The number of carbonyl (C=O) groups is 1. The summed E-state index contributed by atoms with van der Waals surface area (Å²) in [6.45, 7) is 1.93. The number of hydrogen-bond acceptors (Lipinski definition) is 6. The molecule has 0 aliphatic heterocycles. The zero-order valence-electron chi connectivity index (χ0n) is 19.2. The number of anilines is 1. The summed E-state index contributed by atoms with van der Waals surface area (Å²) in [6, 6.07) is 10.0. The van der Waals surface area contributed by atoms with Gasteiger partial charge in [-0.15, -0.1) is 0 Å². The molecule has 3 aromatic rings. The van der Waals surface area contributed by atoms with Gasteiger partial charge in [0.15, 0.2) is 5.54 Å². The number of aliphatic hydroxyl groups excluding tert-OH is 1. The number of benzene rings is 2. The zero-order chi connectivity index (χ0) is 26.1. The van der Waals surface area contributed by atoms with Gasteiger partial charge in [0.2, 0.25) is 0 Å². The maximum Gasteiger partial charge on any atom is 0.413 e.